The lowest BCUT2D eigenvalue weighted by Gasteiger charge is -2.36. The summed E-state index contributed by atoms with van der Waals surface area (Å²) in [4.78, 5) is 23.2. The minimum Gasteiger partial charge on any atom is -0.357 e. The van der Waals surface area contributed by atoms with Crippen molar-refractivity contribution in [1.29, 1.82) is 0 Å². The molecule has 7 nitrogen and oxygen atoms in total. The fourth-order valence-corrected chi connectivity index (χ4v) is 4.26. The third-order valence-corrected chi connectivity index (χ3v) is 5.90. The molecule has 1 aromatic carbocycles. The van der Waals surface area contributed by atoms with Crippen molar-refractivity contribution in [2.45, 2.75) is 45.7 Å². The maximum atomic E-state index is 14.9. The van der Waals surface area contributed by atoms with E-state index in [0.717, 1.165) is 23.5 Å². The van der Waals surface area contributed by atoms with Crippen LogP contribution >= 0.6 is 11.3 Å². The van der Waals surface area contributed by atoms with Gasteiger partial charge in [0, 0.05) is 30.1 Å². The normalized spacial score (nSPS) is 16.8. The van der Waals surface area contributed by atoms with Crippen LogP contribution in [-0.4, -0.2) is 33.6 Å². The number of thiazole rings is 1. The minimum absolute atomic E-state index is 0.102. The summed E-state index contributed by atoms with van der Waals surface area (Å²) in [6.45, 7) is 4.63. The molecule has 9 heteroatoms. The fourth-order valence-electron chi connectivity index (χ4n) is 3.55. The van der Waals surface area contributed by atoms with Gasteiger partial charge in [-0.2, -0.15) is 4.98 Å². The van der Waals surface area contributed by atoms with Crippen molar-refractivity contribution in [3.8, 4) is 11.4 Å². The predicted molar refractivity (Wildman–Crippen MR) is 108 cm³/mol. The van der Waals surface area contributed by atoms with E-state index in [4.69, 9.17) is 4.52 Å². The maximum absolute atomic E-state index is 14.9. The van der Waals surface area contributed by atoms with Crippen LogP contribution in [0.3, 0.4) is 0 Å². The highest BCUT2D eigenvalue weighted by Crippen LogP contribution is 2.30. The number of hydrogen-bond donors (Lipinski definition) is 1. The van der Waals surface area contributed by atoms with Crippen molar-refractivity contribution in [2.24, 2.45) is 0 Å². The van der Waals surface area contributed by atoms with E-state index in [2.05, 4.69) is 20.4 Å². The zero-order valence-electron chi connectivity index (χ0n) is 16.3. The van der Waals surface area contributed by atoms with Gasteiger partial charge in [0.05, 0.1) is 12.2 Å². The number of hydrogen-bond acceptors (Lipinski definition) is 7. The Bertz CT molecular complexity index is 1020. The Kier molecular flexibility index (Phi) is 5.57. The second kappa shape index (κ2) is 8.28. The molecule has 0 radical (unpaired) electrons. The number of halogens is 1. The summed E-state index contributed by atoms with van der Waals surface area (Å²) >= 11 is 1.52. The Labute approximate surface area is 172 Å². The molecule has 1 amide bonds. The Morgan fingerprint density at radius 3 is 2.90 bits per heavy atom. The summed E-state index contributed by atoms with van der Waals surface area (Å²) in [6, 6.07) is 4.43. The molecule has 0 spiro atoms. The van der Waals surface area contributed by atoms with Gasteiger partial charge in [0.25, 0.3) is 0 Å². The molecule has 1 N–H and O–H groups in total. The number of carbonyl (C=O) groups excluding carboxylic acids is 1. The summed E-state index contributed by atoms with van der Waals surface area (Å²) in [5.41, 5.74) is 1.90. The van der Waals surface area contributed by atoms with Gasteiger partial charge in [0.1, 0.15) is 16.9 Å². The van der Waals surface area contributed by atoms with Crippen LogP contribution in [-0.2, 0) is 11.3 Å². The van der Waals surface area contributed by atoms with E-state index >= 15 is 0 Å². The summed E-state index contributed by atoms with van der Waals surface area (Å²) in [7, 11) is 0. The minimum atomic E-state index is -0.405. The lowest BCUT2D eigenvalue weighted by molar-refractivity contribution is -0.123. The molecule has 0 aliphatic carbocycles. The van der Waals surface area contributed by atoms with E-state index < -0.39 is 11.9 Å². The van der Waals surface area contributed by atoms with Crippen molar-refractivity contribution < 1.29 is 13.7 Å². The molecular formula is C20H22FN5O2S. The van der Waals surface area contributed by atoms with E-state index in [0.29, 0.717) is 42.5 Å². The van der Waals surface area contributed by atoms with Gasteiger partial charge in [-0.1, -0.05) is 5.16 Å². The second-order valence-corrected chi connectivity index (χ2v) is 8.05. The molecule has 1 aliphatic heterocycles. The Morgan fingerprint density at radius 2 is 2.21 bits per heavy atom. The van der Waals surface area contributed by atoms with E-state index in [-0.39, 0.29) is 5.91 Å². The topological polar surface area (TPSA) is 84.2 Å². The first-order valence-electron chi connectivity index (χ1n) is 9.57. The molecule has 1 unspecified atom stereocenters. The van der Waals surface area contributed by atoms with Crippen LogP contribution in [0, 0.1) is 19.7 Å². The highest BCUT2D eigenvalue weighted by atomic mass is 32.1. The summed E-state index contributed by atoms with van der Waals surface area (Å²) in [5.74, 6) is 0.266. The van der Waals surface area contributed by atoms with Gasteiger partial charge in [0.2, 0.25) is 17.6 Å². The van der Waals surface area contributed by atoms with E-state index in [1.807, 2.05) is 17.2 Å². The standard InChI is InChI=1S/C20H22FN5O2S/c1-12-11-29-18(23-12)10-22-20(27)17-5-3-4-8-26(17)16-7-6-14(9-15(16)21)19-24-13(2)28-25-19/h6-7,9,11,17H,3-5,8,10H2,1-2H3,(H,22,27). The number of aromatic nitrogens is 3. The first kappa shape index (κ1) is 19.5. The molecule has 1 fully saturated rings. The van der Waals surface area contributed by atoms with Gasteiger partial charge < -0.3 is 14.7 Å². The van der Waals surface area contributed by atoms with E-state index in [9.17, 15) is 9.18 Å². The molecule has 1 aliphatic rings. The van der Waals surface area contributed by atoms with Gasteiger partial charge in [-0.25, -0.2) is 9.37 Å². The number of carbonyl (C=O) groups is 1. The average Bonchev–Trinajstić information content (AvgIpc) is 3.34. The summed E-state index contributed by atoms with van der Waals surface area (Å²) in [5, 5.41) is 9.61. The molecule has 0 bridgehead atoms. The van der Waals surface area contributed by atoms with Crippen molar-refractivity contribution in [1.82, 2.24) is 20.4 Å². The number of anilines is 1. The van der Waals surface area contributed by atoms with Crippen LogP contribution in [0.4, 0.5) is 10.1 Å². The van der Waals surface area contributed by atoms with Crippen molar-refractivity contribution in [3.05, 3.63) is 46.0 Å². The number of rotatable bonds is 5. The third-order valence-electron chi connectivity index (χ3n) is 4.93. The molecule has 0 saturated carbocycles. The third kappa shape index (κ3) is 4.29. The first-order chi connectivity index (χ1) is 14.0. The predicted octanol–water partition coefficient (Wildman–Crippen LogP) is 3.62. The highest BCUT2D eigenvalue weighted by Gasteiger charge is 2.30. The van der Waals surface area contributed by atoms with E-state index in [1.54, 1.807) is 19.1 Å². The van der Waals surface area contributed by atoms with Crippen LogP contribution in [0.5, 0.6) is 0 Å². The quantitative estimate of drug-likeness (QED) is 0.685. The molecule has 29 heavy (non-hydrogen) atoms. The average molecular weight is 415 g/mol. The van der Waals surface area contributed by atoms with E-state index in [1.165, 1.54) is 17.4 Å². The second-order valence-electron chi connectivity index (χ2n) is 7.11. The van der Waals surface area contributed by atoms with Crippen molar-refractivity contribution >= 4 is 22.9 Å². The zero-order valence-corrected chi connectivity index (χ0v) is 17.1. The van der Waals surface area contributed by atoms with Crippen molar-refractivity contribution in [3.63, 3.8) is 0 Å². The molecule has 1 atom stereocenters. The Balaban J connectivity index is 1.51. The fraction of sp³-hybridized carbons (Fsp3) is 0.400. The Hall–Kier alpha value is -2.81. The maximum Gasteiger partial charge on any atom is 0.243 e. The summed E-state index contributed by atoms with van der Waals surface area (Å²) in [6.07, 6.45) is 2.54. The van der Waals surface area contributed by atoms with Gasteiger partial charge in [-0.3, -0.25) is 4.79 Å². The SMILES string of the molecule is Cc1csc(CNC(=O)C2CCCCN2c2ccc(-c3noc(C)n3)cc2F)n1. The molecule has 3 aromatic rings. The van der Waals surface area contributed by atoms with Crippen LogP contribution < -0.4 is 10.2 Å². The van der Waals surface area contributed by atoms with Gasteiger partial charge in [0.15, 0.2) is 0 Å². The van der Waals surface area contributed by atoms with Crippen LogP contribution in [0.15, 0.2) is 28.1 Å². The molecule has 4 rings (SSSR count). The molecule has 1 saturated heterocycles. The number of piperidine rings is 1. The van der Waals surface area contributed by atoms with Crippen LogP contribution in [0.2, 0.25) is 0 Å². The van der Waals surface area contributed by atoms with Gasteiger partial charge >= 0.3 is 0 Å². The smallest absolute Gasteiger partial charge is 0.243 e. The van der Waals surface area contributed by atoms with Crippen LogP contribution in [0.1, 0.15) is 35.9 Å². The number of aryl methyl sites for hydroxylation is 2. The lowest BCUT2D eigenvalue weighted by atomic mass is 10.00. The molecule has 3 heterocycles. The first-order valence-corrected chi connectivity index (χ1v) is 10.4. The van der Waals surface area contributed by atoms with Crippen molar-refractivity contribution in [2.75, 3.05) is 11.4 Å². The lowest BCUT2D eigenvalue weighted by Crippen LogP contribution is -2.49. The summed E-state index contributed by atoms with van der Waals surface area (Å²) < 4.78 is 19.9. The monoisotopic (exact) mass is 415 g/mol. The molecule has 2 aromatic heterocycles. The number of nitrogens with one attached hydrogen (secondary N) is 1. The number of benzene rings is 1. The Morgan fingerprint density at radius 1 is 1.34 bits per heavy atom. The zero-order chi connectivity index (χ0) is 20.4. The molecular weight excluding hydrogens is 393 g/mol. The van der Waals surface area contributed by atoms with Gasteiger partial charge in [-0.05, 0) is 44.4 Å². The number of nitrogens with zero attached hydrogens (tertiary/aromatic N) is 4. The molecule has 152 valence electrons. The van der Waals surface area contributed by atoms with Crippen LogP contribution in [0.25, 0.3) is 11.4 Å². The highest BCUT2D eigenvalue weighted by molar-refractivity contribution is 7.09. The van der Waals surface area contributed by atoms with Gasteiger partial charge in [-0.15, -0.1) is 11.3 Å². The largest absolute Gasteiger partial charge is 0.357 e. The number of amides is 1.